The number of benzene rings is 1. The Labute approximate surface area is 91.8 Å². The minimum atomic E-state index is -0.456. The van der Waals surface area contributed by atoms with Crippen molar-refractivity contribution in [3.8, 4) is 0 Å². The molecule has 0 aliphatic carbocycles. The van der Waals surface area contributed by atoms with Crippen molar-refractivity contribution < 1.29 is 5.11 Å². The average Bonchev–Trinajstić information content (AvgIpc) is 2.26. The maximum absolute atomic E-state index is 9.80. The van der Waals surface area contributed by atoms with Gasteiger partial charge in [0, 0.05) is 5.92 Å². The van der Waals surface area contributed by atoms with Gasteiger partial charge in [0.05, 0.1) is 6.10 Å². The van der Waals surface area contributed by atoms with Gasteiger partial charge in [-0.1, -0.05) is 61.6 Å². The lowest BCUT2D eigenvalue weighted by atomic mass is 9.97. The van der Waals surface area contributed by atoms with Crippen LogP contribution in [0, 0.1) is 5.92 Å². The third kappa shape index (κ3) is 3.72. The van der Waals surface area contributed by atoms with Gasteiger partial charge < -0.3 is 5.11 Å². The molecule has 0 amide bonds. The van der Waals surface area contributed by atoms with Crippen LogP contribution < -0.4 is 0 Å². The van der Waals surface area contributed by atoms with E-state index < -0.39 is 6.10 Å². The van der Waals surface area contributed by atoms with Crippen molar-refractivity contribution in [1.29, 1.82) is 0 Å². The third-order valence-electron chi connectivity index (χ3n) is 2.58. The van der Waals surface area contributed by atoms with E-state index in [1.807, 2.05) is 56.3 Å². The Morgan fingerprint density at radius 1 is 1.33 bits per heavy atom. The first-order valence-corrected chi connectivity index (χ1v) is 5.18. The van der Waals surface area contributed by atoms with Gasteiger partial charge in [-0.2, -0.15) is 0 Å². The minimum absolute atomic E-state index is 0.102. The molecule has 1 heteroatoms. The largest absolute Gasteiger partial charge is 0.388 e. The van der Waals surface area contributed by atoms with Gasteiger partial charge in [0.15, 0.2) is 0 Å². The molecule has 2 atom stereocenters. The van der Waals surface area contributed by atoms with Crippen molar-refractivity contribution in [3.63, 3.8) is 0 Å². The van der Waals surface area contributed by atoms with Gasteiger partial charge in [-0.3, -0.25) is 0 Å². The number of hydrogen-bond acceptors (Lipinski definition) is 1. The van der Waals surface area contributed by atoms with Gasteiger partial charge >= 0.3 is 0 Å². The Morgan fingerprint density at radius 2 is 1.93 bits per heavy atom. The lowest BCUT2D eigenvalue weighted by molar-refractivity contribution is 0.181. The van der Waals surface area contributed by atoms with E-state index in [1.54, 1.807) is 0 Å². The molecule has 0 saturated heterocycles. The van der Waals surface area contributed by atoms with E-state index in [9.17, 15) is 5.11 Å². The van der Waals surface area contributed by atoms with Crippen molar-refractivity contribution in [3.05, 3.63) is 54.1 Å². The quantitative estimate of drug-likeness (QED) is 0.743. The number of hydrogen-bond donors (Lipinski definition) is 1. The predicted molar refractivity (Wildman–Crippen MR) is 65.5 cm³/mol. The summed E-state index contributed by atoms with van der Waals surface area (Å²) in [7, 11) is 0. The van der Waals surface area contributed by atoms with Crippen LogP contribution in [0.4, 0.5) is 0 Å². The van der Waals surface area contributed by atoms with Gasteiger partial charge in [0.2, 0.25) is 0 Å². The summed E-state index contributed by atoms with van der Waals surface area (Å²) in [6.45, 7) is 7.75. The molecule has 80 valence electrons. The first-order valence-electron chi connectivity index (χ1n) is 5.18. The van der Waals surface area contributed by atoms with E-state index in [1.165, 1.54) is 0 Å². The monoisotopic (exact) mass is 202 g/mol. The highest BCUT2D eigenvalue weighted by molar-refractivity contribution is 5.49. The topological polar surface area (TPSA) is 20.2 Å². The normalized spacial score (nSPS) is 15.1. The standard InChI is InChI=1S/C14H18O/c1-11(2)12(3)14(15)10-9-13-7-5-4-6-8-13/h4-10,12,14-15H,1H2,2-3H3/b10-9+/t12-,14-/m0/s1. The maximum atomic E-state index is 9.80. The molecule has 1 N–H and O–H groups in total. The molecule has 0 heterocycles. The van der Waals surface area contributed by atoms with Crippen LogP contribution >= 0.6 is 0 Å². The molecule has 0 aliphatic heterocycles. The van der Waals surface area contributed by atoms with E-state index in [0.29, 0.717) is 0 Å². The lowest BCUT2D eigenvalue weighted by Crippen LogP contribution is -2.14. The summed E-state index contributed by atoms with van der Waals surface area (Å²) in [5.41, 5.74) is 2.10. The van der Waals surface area contributed by atoms with Crippen LogP contribution in [0.3, 0.4) is 0 Å². The van der Waals surface area contributed by atoms with Crippen LogP contribution in [-0.4, -0.2) is 11.2 Å². The van der Waals surface area contributed by atoms with Gasteiger partial charge in [-0.25, -0.2) is 0 Å². The average molecular weight is 202 g/mol. The van der Waals surface area contributed by atoms with E-state index >= 15 is 0 Å². The first-order chi connectivity index (χ1) is 7.11. The highest BCUT2D eigenvalue weighted by Crippen LogP contribution is 2.14. The molecule has 0 aliphatic rings. The second-order valence-corrected chi connectivity index (χ2v) is 3.90. The third-order valence-corrected chi connectivity index (χ3v) is 2.58. The van der Waals surface area contributed by atoms with Crippen LogP contribution in [-0.2, 0) is 0 Å². The Morgan fingerprint density at radius 3 is 2.47 bits per heavy atom. The van der Waals surface area contributed by atoms with Crippen LogP contribution in [0.1, 0.15) is 19.4 Å². The first kappa shape index (κ1) is 11.7. The summed E-state index contributed by atoms with van der Waals surface area (Å²) in [5, 5.41) is 9.80. The molecule has 1 aromatic carbocycles. The SMILES string of the molecule is C=C(C)[C@H](C)[C@@H](O)/C=C/c1ccccc1. The molecule has 0 saturated carbocycles. The van der Waals surface area contributed by atoms with Crippen LogP contribution in [0.25, 0.3) is 6.08 Å². The van der Waals surface area contributed by atoms with Crippen molar-refractivity contribution in [1.82, 2.24) is 0 Å². The fourth-order valence-electron chi connectivity index (χ4n) is 1.23. The molecule has 1 aromatic rings. The summed E-state index contributed by atoms with van der Waals surface area (Å²) < 4.78 is 0. The fourth-order valence-corrected chi connectivity index (χ4v) is 1.23. The van der Waals surface area contributed by atoms with E-state index in [-0.39, 0.29) is 5.92 Å². The van der Waals surface area contributed by atoms with Crippen molar-refractivity contribution in [2.75, 3.05) is 0 Å². The second kappa shape index (κ2) is 5.52. The zero-order valence-corrected chi connectivity index (χ0v) is 9.35. The molecule has 1 nitrogen and oxygen atoms in total. The summed E-state index contributed by atoms with van der Waals surface area (Å²) >= 11 is 0. The second-order valence-electron chi connectivity index (χ2n) is 3.90. The number of aliphatic hydroxyl groups excluding tert-OH is 1. The molecule has 0 unspecified atom stereocenters. The zero-order chi connectivity index (χ0) is 11.3. The molecular formula is C14H18O. The number of aliphatic hydroxyl groups is 1. The van der Waals surface area contributed by atoms with Gasteiger partial charge in [-0.15, -0.1) is 0 Å². The Balaban J connectivity index is 2.62. The van der Waals surface area contributed by atoms with Gasteiger partial charge in [-0.05, 0) is 12.5 Å². The van der Waals surface area contributed by atoms with Crippen LogP contribution in [0.2, 0.25) is 0 Å². The molecular weight excluding hydrogens is 184 g/mol. The van der Waals surface area contributed by atoms with Gasteiger partial charge in [0.25, 0.3) is 0 Å². The summed E-state index contributed by atoms with van der Waals surface area (Å²) in [5.74, 6) is 0.102. The Kier molecular flexibility index (Phi) is 4.32. The van der Waals surface area contributed by atoms with E-state index in [2.05, 4.69) is 6.58 Å². The van der Waals surface area contributed by atoms with Crippen molar-refractivity contribution in [2.24, 2.45) is 5.92 Å². The molecule has 0 spiro atoms. The smallest absolute Gasteiger partial charge is 0.0786 e. The molecule has 15 heavy (non-hydrogen) atoms. The van der Waals surface area contributed by atoms with Crippen molar-refractivity contribution in [2.45, 2.75) is 20.0 Å². The fraction of sp³-hybridized carbons (Fsp3) is 0.286. The molecule has 0 fully saturated rings. The minimum Gasteiger partial charge on any atom is -0.388 e. The highest BCUT2D eigenvalue weighted by atomic mass is 16.3. The van der Waals surface area contributed by atoms with Gasteiger partial charge in [0.1, 0.15) is 0 Å². The molecule has 0 radical (unpaired) electrons. The van der Waals surface area contributed by atoms with Crippen molar-refractivity contribution >= 4 is 6.08 Å². The maximum Gasteiger partial charge on any atom is 0.0786 e. The zero-order valence-electron chi connectivity index (χ0n) is 9.35. The summed E-state index contributed by atoms with van der Waals surface area (Å²) in [6.07, 6.45) is 3.29. The lowest BCUT2D eigenvalue weighted by Gasteiger charge is -2.14. The van der Waals surface area contributed by atoms with E-state index in [4.69, 9.17) is 0 Å². The molecule has 1 rings (SSSR count). The van der Waals surface area contributed by atoms with E-state index in [0.717, 1.165) is 11.1 Å². The van der Waals surface area contributed by atoms with Crippen LogP contribution in [0.5, 0.6) is 0 Å². The number of rotatable bonds is 4. The summed E-state index contributed by atoms with van der Waals surface area (Å²) in [6, 6.07) is 9.95. The Hall–Kier alpha value is -1.34. The molecule has 0 aromatic heterocycles. The highest BCUT2D eigenvalue weighted by Gasteiger charge is 2.10. The molecule has 0 bridgehead atoms. The predicted octanol–water partition coefficient (Wildman–Crippen LogP) is 3.27. The van der Waals surface area contributed by atoms with Crippen LogP contribution in [0.15, 0.2) is 48.6 Å². The Bertz CT molecular complexity index is 338. The summed E-state index contributed by atoms with van der Waals surface area (Å²) in [4.78, 5) is 0.